The standard InChI is InChI=1S/C34H62O4Si2/c1-10-19-20-21-22-23-24-27-28(25-26-37-39(13-4,14-5)15-6)32-33(36)30(29(35)11-2)31(27)34(32,12-3)38-40(16-7,17-8)18-9/h10-12,19,27-32,35H,2-3,13-18,20-26H2,1,4-9H3/b19-10+/t27-,28-,29?,30+,31-,32+,34-/m0/s1. The molecule has 4 nitrogen and oxygen atoms in total. The molecule has 6 heteroatoms. The summed E-state index contributed by atoms with van der Waals surface area (Å²) in [6.45, 7) is 24.6. The van der Waals surface area contributed by atoms with Crippen LogP contribution in [0.3, 0.4) is 0 Å². The molecule has 0 spiro atoms. The molecule has 40 heavy (non-hydrogen) atoms. The van der Waals surface area contributed by atoms with Gasteiger partial charge in [-0.2, -0.15) is 0 Å². The minimum atomic E-state index is -2.08. The zero-order chi connectivity index (χ0) is 30.0. The average molecular weight is 591 g/mol. The van der Waals surface area contributed by atoms with Crippen molar-refractivity contribution in [1.29, 1.82) is 0 Å². The zero-order valence-corrected chi connectivity index (χ0v) is 29.1. The smallest absolute Gasteiger partial charge is 0.193 e. The highest BCUT2D eigenvalue weighted by Crippen LogP contribution is 2.65. The van der Waals surface area contributed by atoms with Gasteiger partial charge in [-0.05, 0) is 80.7 Å². The molecule has 0 aromatic heterocycles. The monoisotopic (exact) mass is 590 g/mol. The predicted octanol–water partition coefficient (Wildman–Crippen LogP) is 9.10. The van der Waals surface area contributed by atoms with Gasteiger partial charge in [0.2, 0.25) is 0 Å². The lowest BCUT2D eigenvalue weighted by Gasteiger charge is -2.43. The molecule has 0 aromatic carbocycles. The topological polar surface area (TPSA) is 55.8 Å². The van der Waals surface area contributed by atoms with Crippen molar-refractivity contribution in [3.05, 3.63) is 37.5 Å². The van der Waals surface area contributed by atoms with Crippen molar-refractivity contribution in [3.8, 4) is 0 Å². The molecule has 0 aromatic rings. The van der Waals surface area contributed by atoms with Gasteiger partial charge in [0.1, 0.15) is 5.78 Å². The molecule has 0 amide bonds. The van der Waals surface area contributed by atoms with E-state index in [0.717, 1.165) is 68.6 Å². The quantitative estimate of drug-likeness (QED) is 0.0823. The third-order valence-electron chi connectivity index (χ3n) is 11.2. The van der Waals surface area contributed by atoms with Crippen LogP contribution in [0.1, 0.15) is 87.0 Å². The van der Waals surface area contributed by atoms with E-state index in [1.165, 1.54) is 12.8 Å². The Kier molecular flexibility index (Phi) is 14.3. The first-order valence-electron chi connectivity index (χ1n) is 16.6. The molecule has 2 aliphatic rings. The molecule has 0 heterocycles. The third-order valence-corrected chi connectivity index (χ3v) is 20.5. The Balaban J connectivity index is 2.51. The van der Waals surface area contributed by atoms with E-state index in [0.29, 0.717) is 5.92 Å². The normalized spacial score (nSPS) is 29.4. The fraction of sp³-hybridized carbons (Fsp3) is 0.794. The van der Waals surface area contributed by atoms with E-state index in [1.807, 2.05) is 6.08 Å². The first-order valence-corrected chi connectivity index (χ1v) is 21.7. The summed E-state index contributed by atoms with van der Waals surface area (Å²) < 4.78 is 14.2. The third kappa shape index (κ3) is 7.04. The van der Waals surface area contributed by atoms with Crippen molar-refractivity contribution in [2.24, 2.45) is 29.6 Å². The lowest BCUT2D eigenvalue weighted by Crippen LogP contribution is -2.50. The molecule has 0 radical (unpaired) electrons. The lowest BCUT2D eigenvalue weighted by atomic mass is 9.68. The van der Waals surface area contributed by atoms with Crippen LogP contribution in [0.15, 0.2) is 37.5 Å². The molecular weight excluding hydrogens is 529 g/mol. The summed E-state index contributed by atoms with van der Waals surface area (Å²) in [5.74, 6) is -0.0966. The molecule has 1 N–H and O–H groups in total. The SMILES string of the molecule is C=CC(O)[C@H]1C(=O)[C@H]2[C@@H](CCO[Si](CC)(CC)CC)[C@H](CCCCC/C=C/C)[C@@H]1[C@]2(C=C)O[Si](CC)(CC)CC. The summed E-state index contributed by atoms with van der Waals surface area (Å²) in [6, 6.07) is 6.49. The summed E-state index contributed by atoms with van der Waals surface area (Å²) in [6.07, 6.45) is 13.7. The number of hydrogen-bond acceptors (Lipinski definition) is 4. The number of fused-ring (bicyclic) bond motifs is 2. The molecule has 0 aliphatic heterocycles. The molecule has 1 unspecified atom stereocenters. The minimum Gasteiger partial charge on any atom is -0.417 e. The summed E-state index contributed by atoms with van der Waals surface area (Å²) in [5.41, 5.74) is -0.699. The van der Waals surface area contributed by atoms with Crippen molar-refractivity contribution in [2.45, 2.75) is 135 Å². The van der Waals surface area contributed by atoms with Gasteiger partial charge in [0.25, 0.3) is 0 Å². The van der Waals surface area contributed by atoms with Crippen molar-refractivity contribution in [3.63, 3.8) is 0 Å². The number of hydrogen-bond donors (Lipinski definition) is 1. The van der Waals surface area contributed by atoms with Gasteiger partial charge >= 0.3 is 0 Å². The largest absolute Gasteiger partial charge is 0.417 e. The molecule has 7 atom stereocenters. The number of aliphatic hydroxyl groups is 1. The molecule has 2 aliphatic carbocycles. The van der Waals surface area contributed by atoms with Crippen molar-refractivity contribution in [1.82, 2.24) is 0 Å². The number of rotatable bonds is 21. The molecule has 2 fully saturated rings. The van der Waals surface area contributed by atoms with E-state index in [4.69, 9.17) is 8.85 Å². The Hall–Kier alpha value is -0.796. The van der Waals surface area contributed by atoms with Crippen LogP contribution in [0.25, 0.3) is 0 Å². The Morgan fingerprint density at radius 1 is 0.900 bits per heavy atom. The maximum Gasteiger partial charge on any atom is 0.193 e. The van der Waals surface area contributed by atoms with Gasteiger partial charge in [0.15, 0.2) is 16.6 Å². The van der Waals surface area contributed by atoms with Crippen molar-refractivity contribution < 1.29 is 18.8 Å². The molecule has 2 bridgehead atoms. The van der Waals surface area contributed by atoms with Crippen molar-refractivity contribution in [2.75, 3.05) is 6.61 Å². The lowest BCUT2D eigenvalue weighted by molar-refractivity contribution is -0.133. The Morgan fingerprint density at radius 3 is 2.00 bits per heavy atom. The van der Waals surface area contributed by atoms with Crippen molar-refractivity contribution >= 4 is 22.4 Å². The second-order valence-electron chi connectivity index (χ2n) is 12.5. The van der Waals surface area contributed by atoms with Crippen LogP contribution in [-0.2, 0) is 13.6 Å². The van der Waals surface area contributed by atoms with Crippen LogP contribution in [0, 0.1) is 29.6 Å². The van der Waals surface area contributed by atoms with Gasteiger partial charge in [0, 0.05) is 12.5 Å². The first-order chi connectivity index (χ1) is 19.2. The van der Waals surface area contributed by atoms with E-state index in [-0.39, 0.29) is 23.5 Å². The number of ketones is 1. The molecule has 230 valence electrons. The van der Waals surface area contributed by atoms with E-state index in [1.54, 1.807) is 6.08 Å². The fourth-order valence-corrected chi connectivity index (χ4v) is 14.0. The van der Waals surface area contributed by atoms with E-state index in [9.17, 15) is 9.90 Å². The highest BCUT2D eigenvalue weighted by Gasteiger charge is 2.72. The van der Waals surface area contributed by atoms with Crippen LogP contribution in [0.4, 0.5) is 0 Å². The molecule has 0 saturated heterocycles. The van der Waals surface area contributed by atoms with Crippen LogP contribution in [0.5, 0.6) is 0 Å². The van der Waals surface area contributed by atoms with Gasteiger partial charge < -0.3 is 14.0 Å². The number of aliphatic hydroxyl groups excluding tert-OH is 1. The maximum atomic E-state index is 14.3. The highest BCUT2D eigenvalue weighted by molar-refractivity contribution is 6.74. The summed E-state index contributed by atoms with van der Waals surface area (Å²) in [4.78, 5) is 14.3. The molecule has 2 rings (SSSR count). The summed E-state index contributed by atoms with van der Waals surface area (Å²) >= 11 is 0. The maximum absolute atomic E-state index is 14.3. The Labute approximate surface area is 249 Å². The second-order valence-corrected chi connectivity index (χ2v) is 21.9. The molecular formula is C34H62O4Si2. The van der Waals surface area contributed by atoms with Crippen LogP contribution >= 0.6 is 0 Å². The van der Waals surface area contributed by atoms with E-state index in [2.05, 4.69) is 73.8 Å². The second kappa shape index (κ2) is 16.2. The van der Waals surface area contributed by atoms with E-state index < -0.39 is 34.3 Å². The Bertz CT molecular complexity index is 817. The van der Waals surface area contributed by atoms with Gasteiger partial charge in [-0.15, -0.1) is 13.2 Å². The van der Waals surface area contributed by atoms with Gasteiger partial charge in [0.05, 0.1) is 23.5 Å². The summed E-state index contributed by atoms with van der Waals surface area (Å²) in [7, 11) is -3.80. The van der Waals surface area contributed by atoms with Gasteiger partial charge in [-0.25, -0.2) is 0 Å². The minimum absolute atomic E-state index is 0.0573. The average Bonchev–Trinajstić information content (AvgIpc) is 3.38. The van der Waals surface area contributed by atoms with Gasteiger partial charge in [-0.3, -0.25) is 4.79 Å². The molecule has 2 saturated carbocycles. The van der Waals surface area contributed by atoms with Gasteiger partial charge in [-0.1, -0.05) is 78.7 Å². The van der Waals surface area contributed by atoms with Crippen LogP contribution in [-0.4, -0.2) is 45.8 Å². The zero-order valence-electron chi connectivity index (χ0n) is 27.1. The van der Waals surface area contributed by atoms with Crippen LogP contribution in [0.2, 0.25) is 36.3 Å². The number of Topliss-reactive ketones (excluding diaryl/α,β-unsaturated/α-hetero) is 1. The number of carbonyl (C=O) groups excluding carboxylic acids is 1. The number of unbranched alkanes of at least 4 members (excludes halogenated alkanes) is 3. The number of allylic oxidation sites excluding steroid dienone is 2. The highest BCUT2D eigenvalue weighted by atomic mass is 28.4. The number of carbonyl (C=O) groups is 1. The Morgan fingerprint density at radius 2 is 1.50 bits per heavy atom. The summed E-state index contributed by atoms with van der Waals surface area (Å²) in [5, 5.41) is 11.2. The van der Waals surface area contributed by atoms with Crippen LogP contribution < -0.4 is 0 Å². The van der Waals surface area contributed by atoms with E-state index >= 15 is 0 Å². The predicted molar refractivity (Wildman–Crippen MR) is 176 cm³/mol. The first kappa shape index (κ1) is 35.4. The fourth-order valence-electron chi connectivity index (χ4n) is 8.29.